The number of hydrogen-bond donors (Lipinski definition) is 1. The average Bonchev–Trinajstić information content (AvgIpc) is 2.74. The number of hydrogen-bond acceptors (Lipinski definition) is 3. The van der Waals surface area contributed by atoms with Gasteiger partial charge in [-0.15, -0.1) is 0 Å². The summed E-state index contributed by atoms with van der Waals surface area (Å²) in [5, 5.41) is 2.63. The molecule has 0 bridgehead atoms. The normalized spacial score (nSPS) is 16.8. The van der Waals surface area contributed by atoms with E-state index in [0.717, 1.165) is 31.4 Å². The fourth-order valence-electron chi connectivity index (χ4n) is 3.40. The largest absolute Gasteiger partial charge is 0.416 e. The van der Waals surface area contributed by atoms with Gasteiger partial charge in [-0.3, -0.25) is 4.79 Å². The van der Waals surface area contributed by atoms with E-state index in [1.165, 1.54) is 40.7 Å². The molecule has 0 aromatic heterocycles. The molecule has 5 nitrogen and oxygen atoms in total. The Labute approximate surface area is 173 Å². The molecule has 1 aliphatic rings. The number of nitrogens with zero attached hydrogens (tertiary/aromatic N) is 1. The Morgan fingerprint density at radius 3 is 2.37 bits per heavy atom. The lowest BCUT2D eigenvalue weighted by atomic mass is 10.0. The van der Waals surface area contributed by atoms with Crippen LogP contribution in [-0.2, 0) is 16.2 Å². The fourth-order valence-corrected chi connectivity index (χ4v) is 4.96. The van der Waals surface area contributed by atoms with E-state index in [1.807, 2.05) is 0 Å². The minimum Gasteiger partial charge on any atom is -0.346 e. The summed E-state index contributed by atoms with van der Waals surface area (Å²) in [4.78, 5) is 12.7. The van der Waals surface area contributed by atoms with Crippen molar-refractivity contribution in [1.82, 2.24) is 9.62 Å². The van der Waals surface area contributed by atoms with Crippen molar-refractivity contribution in [3.05, 3.63) is 65.2 Å². The Bertz CT molecular complexity index is 1020. The average molecular weight is 440 g/mol. The lowest BCUT2D eigenvalue weighted by molar-refractivity contribution is -0.137. The molecule has 0 aliphatic carbocycles. The predicted octanol–water partition coefficient (Wildman–Crippen LogP) is 4.37. The van der Waals surface area contributed by atoms with Crippen LogP contribution in [0.25, 0.3) is 0 Å². The number of benzene rings is 2. The molecule has 0 spiro atoms. The zero-order valence-corrected chi connectivity index (χ0v) is 17.3. The first kappa shape index (κ1) is 22.3. The maximum Gasteiger partial charge on any atom is 0.416 e. The fraction of sp³-hybridized carbons (Fsp3) is 0.381. The van der Waals surface area contributed by atoms with Gasteiger partial charge in [0.25, 0.3) is 5.91 Å². The Morgan fingerprint density at radius 1 is 1.03 bits per heavy atom. The van der Waals surface area contributed by atoms with E-state index in [1.54, 1.807) is 6.92 Å². The zero-order valence-electron chi connectivity index (χ0n) is 16.4. The van der Waals surface area contributed by atoms with Gasteiger partial charge in [0.1, 0.15) is 0 Å². The van der Waals surface area contributed by atoms with Crippen LogP contribution in [-0.4, -0.2) is 31.7 Å². The summed E-state index contributed by atoms with van der Waals surface area (Å²) in [5.74, 6) is -0.560. The number of rotatable bonds is 5. The monoisotopic (exact) mass is 440 g/mol. The molecule has 3 rings (SSSR count). The second-order valence-electron chi connectivity index (χ2n) is 7.31. The molecular formula is C21H23F3N2O3S. The van der Waals surface area contributed by atoms with Crippen molar-refractivity contribution < 1.29 is 26.4 Å². The third-order valence-electron chi connectivity index (χ3n) is 5.11. The van der Waals surface area contributed by atoms with Gasteiger partial charge in [-0.25, -0.2) is 8.42 Å². The van der Waals surface area contributed by atoms with E-state index in [9.17, 15) is 26.4 Å². The van der Waals surface area contributed by atoms with Crippen LogP contribution >= 0.6 is 0 Å². The van der Waals surface area contributed by atoms with Crippen LogP contribution in [0.3, 0.4) is 0 Å². The maximum absolute atomic E-state index is 12.9. The Kier molecular flexibility index (Phi) is 6.52. The van der Waals surface area contributed by atoms with E-state index in [2.05, 4.69) is 5.32 Å². The van der Waals surface area contributed by atoms with Crippen molar-refractivity contribution in [2.45, 2.75) is 43.3 Å². The molecule has 1 aliphatic heterocycles. The van der Waals surface area contributed by atoms with Gasteiger partial charge >= 0.3 is 6.18 Å². The highest BCUT2D eigenvalue weighted by Crippen LogP contribution is 2.31. The summed E-state index contributed by atoms with van der Waals surface area (Å²) in [7, 11) is -3.69. The SMILES string of the molecule is CC(NC(=O)c1cccc(S(=O)(=O)N2CCCCC2)c1)c1cccc(C(F)(F)F)c1. The van der Waals surface area contributed by atoms with E-state index < -0.39 is 33.7 Å². The van der Waals surface area contributed by atoms with Crippen molar-refractivity contribution in [2.24, 2.45) is 0 Å². The van der Waals surface area contributed by atoms with Gasteiger partial charge < -0.3 is 5.32 Å². The molecule has 1 atom stereocenters. The Morgan fingerprint density at radius 2 is 1.70 bits per heavy atom. The molecule has 1 fully saturated rings. The molecular weight excluding hydrogens is 417 g/mol. The predicted molar refractivity (Wildman–Crippen MR) is 106 cm³/mol. The summed E-state index contributed by atoms with van der Waals surface area (Å²) in [5.41, 5.74) is -0.363. The minimum absolute atomic E-state index is 0.0313. The third-order valence-corrected chi connectivity index (χ3v) is 7.01. The molecule has 1 amide bonds. The van der Waals surface area contributed by atoms with Gasteiger partial charge in [0.2, 0.25) is 10.0 Å². The van der Waals surface area contributed by atoms with E-state index in [4.69, 9.17) is 0 Å². The number of halogens is 3. The third kappa shape index (κ3) is 5.02. The minimum atomic E-state index is -4.48. The molecule has 1 saturated heterocycles. The molecule has 2 aromatic carbocycles. The molecule has 1 N–H and O–H groups in total. The Hall–Kier alpha value is -2.39. The molecule has 0 radical (unpaired) electrons. The van der Waals surface area contributed by atoms with Crippen molar-refractivity contribution in [3.8, 4) is 0 Å². The topological polar surface area (TPSA) is 66.5 Å². The van der Waals surface area contributed by atoms with Crippen molar-refractivity contribution in [3.63, 3.8) is 0 Å². The van der Waals surface area contributed by atoms with Gasteiger partial charge in [-0.1, -0.05) is 24.6 Å². The number of sulfonamides is 1. The van der Waals surface area contributed by atoms with Crippen LogP contribution in [0.4, 0.5) is 13.2 Å². The number of nitrogens with one attached hydrogen (secondary N) is 1. The summed E-state index contributed by atoms with van der Waals surface area (Å²) in [6.07, 6.45) is -1.89. The molecule has 2 aromatic rings. The van der Waals surface area contributed by atoms with Gasteiger partial charge in [0, 0.05) is 18.7 Å². The lowest BCUT2D eigenvalue weighted by Crippen LogP contribution is -2.35. The molecule has 0 saturated carbocycles. The summed E-state index contributed by atoms with van der Waals surface area (Å²) < 4.78 is 65.8. The van der Waals surface area contributed by atoms with E-state index >= 15 is 0 Å². The second kappa shape index (κ2) is 8.77. The van der Waals surface area contributed by atoms with Gasteiger partial charge in [0.05, 0.1) is 16.5 Å². The first-order chi connectivity index (χ1) is 14.1. The maximum atomic E-state index is 12.9. The van der Waals surface area contributed by atoms with Crippen LogP contribution in [0, 0.1) is 0 Å². The van der Waals surface area contributed by atoms with Crippen LogP contribution in [0.15, 0.2) is 53.4 Å². The smallest absolute Gasteiger partial charge is 0.346 e. The van der Waals surface area contributed by atoms with Gasteiger partial charge in [-0.2, -0.15) is 17.5 Å². The number of carbonyl (C=O) groups excluding carboxylic acids is 1. The molecule has 9 heteroatoms. The summed E-state index contributed by atoms with van der Waals surface area (Å²) in [6, 6.07) is 9.75. The van der Waals surface area contributed by atoms with Crippen molar-refractivity contribution in [1.29, 1.82) is 0 Å². The Balaban J connectivity index is 1.77. The standard InChI is InChI=1S/C21H23F3N2O3S/c1-15(16-7-5-9-18(13-16)21(22,23)24)25-20(27)17-8-6-10-19(14-17)30(28,29)26-11-3-2-4-12-26/h5-10,13-15H,2-4,11-12H2,1H3,(H,25,27). The highest BCUT2D eigenvalue weighted by atomic mass is 32.2. The number of amides is 1. The van der Waals surface area contributed by atoms with E-state index in [-0.39, 0.29) is 10.5 Å². The first-order valence-electron chi connectivity index (χ1n) is 9.67. The highest BCUT2D eigenvalue weighted by molar-refractivity contribution is 7.89. The number of alkyl halides is 3. The molecule has 30 heavy (non-hydrogen) atoms. The number of piperidine rings is 1. The molecule has 162 valence electrons. The van der Waals surface area contributed by atoms with Crippen LogP contribution < -0.4 is 5.32 Å². The summed E-state index contributed by atoms with van der Waals surface area (Å²) in [6.45, 7) is 2.47. The van der Waals surface area contributed by atoms with E-state index in [0.29, 0.717) is 18.7 Å². The van der Waals surface area contributed by atoms with Crippen LogP contribution in [0.5, 0.6) is 0 Å². The first-order valence-corrected chi connectivity index (χ1v) is 11.1. The van der Waals surface area contributed by atoms with Gasteiger partial charge in [-0.05, 0) is 55.7 Å². The van der Waals surface area contributed by atoms with Crippen molar-refractivity contribution in [2.75, 3.05) is 13.1 Å². The van der Waals surface area contributed by atoms with Gasteiger partial charge in [0.15, 0.2) is 0 Å². The van der Waals surface area contributed by atoms with Crippen LogP contribution in [0.2, 0.25) is 0 Å². The second-order valence-corrected chi connectivity index (χ2v) is 9.25. The van der Waals surface area contributed by atoms with Crippen LogP contribution in [0.1, 0.15) is 53.7 Å². The summed E-state index contributed by atoms with van der Waals surface area (Å²) >= 11 is 0. The zero-order chi connectivity index (χ0) is 21.9. The molecule has 1 heterocycles. The quantitative estimate of drug-likeness (QED) is 0.751. The van der Waals surface area contributed by atoms with Crippen molar-refractivity contribution >= 4 is 15.9 Å². The lowest BCUT2D eigenvalue weighted by Gasteiger charge is -2.26. The number of carbonyl (C=O) groups is 1. The highest BCUT2D eigenvalue weighted by Gasteiger charge is 2.31. The molecule has 1 unspecified atom stereocenters.